The topological polar surface area (TPSA) is 142 Å². The van der Waals surface area contributed by atoms with Gasteiger partial charge in [0, 0.05) is 12.1 Å². The predicted molar refractivity (Wildman–Crippen MR) is 91.8 cm³/mol. The molecule has 0 aliphatic rings. The fourth-order valence-corrected chi connectivity index (χ4v) is 2.44. The Kier molecular flexibility index (Phi) is 6.71. The number of nitro groups is 2. The molecule has 168 valence electrons. The van der Waals surface area contributed by atoms with Crippen LogP contribution < -0.4 is 10.1 Å². The predicted octanol–water partition coefficient (Wildman–Crippen LogP) is 3.31. The first-order valence-corrected chi connectivity index (χ1v) is 8.09. The van der Waals surface area contributed by atoms with Crippen LogP contribution in [0.15, 0.2) is 18.2 Å². The molecule has 0 fully saturated rings. The summed E-state index contributed by atoms with van der Waals surface area (Å²) in [6, 6.07) is 2.66. The standard InChI is InChI=1S/C15H12F5N5O6/c1-7-13(25(29)30)14(15(18,19)20)22-23(7)5-12(26)21-8-2-9(24(27)28)4-10(3-8)31-6-11(16)17/h2-4,11H,5-6H2,1H3,(H,21,26). The summed E-state index contributed by atoms with van der Waals surface area (Å²) < 4.78 is 68.6. The molecule has 0 saturated carbocycles. The van der Waals surface area contributed by atoms with Crippen LogP contribution in [-0.2, 0) is 17.5 Å². The van der Waals surface area contributed by atoms with Gasteiger partial charge in [-0.3, -0.25) is 29.7 Å². The number of nitrogens with zero attached hydrogens (tertiary/aromatic N) is 4. The molecule has 0 aliphatic heterocycles. The van der Waals surface area contributed by atoms with Gasteiger partial charge >= 0.3 is 11.9 Å². The summed E-state index contributed by atoms with van der Waals surface area (Å²) in [5, 5.41) is 27.1. The average molecular weight is 453 g/mol. The Balaban J connectivity index is 2.28. The molecule has 2 rings (SSSR count). The smallest absolute Gasteiger partial charge is 0.442 e. The third-order valence-corrected chi connectivity index (χ3v) is 3.68. The molecule has 1 amide bonds. The lowest BCUT2D eigenvalue weighted by atomic mass is 10.2. The first-order chi connectivity index (χ1) is 14.3. The zero-order valence-corrected chi connectivity index (χ0v) is 15.4. The molecule has 16 heteroatoms. The van der Waals surface area contributed by atoms with E-state index >= 15 is 0 Å². The third kappa shape index (κ3) is 5.83. The van der Waals surface area contributed by atoms with Crippen LogP contribution in [0.3, 0.4) is 0 Å². The van der Waals surface area contributed by atoms with Crippen molar-refractivity contribution in [1.29, 1.82) is 0 Å². The van der Waals surface area contributed by atoms with Crippen molar-refractivity contribution in [3.63, 3.8) is 0 Å². The molecule has 1 aromatic heterocycles. The number of halogens is 5. The van der Waals surface area contributed by atoms with Crippen molar-refractivity contribution < 1.29 is 41.3 Å². The number of nitrogens with one attached hydrogen (secondary N) is 1. The van der Waals surface area contributed by atoms with Gasteiger partial charge in [-0.15, -0.1) is 0 Å². The van der Waals surface area contributed by atoms with E-state index in [0.29, 0.717) is 4.68 Å². The van der Waals surface area contributed by atoms with Crippen LogP contribution in [-0.4, -0.2) is 38.6 Å². The quantitative estimate of drug-likeness (QED) is 0.367. The van der Waals surface area contributed by atoms with Crippen LogP contribution >= 0.6 is 0 Å². The Labute approximate surface area is 168 Å². The maximum atomic E-state index is 13.0. The number of benzene rings is 1. The van der Waals surface area contributed by atoms with Gasteiger partial charge in [-0.1, -0.05) is 0 Å². The molecule has 11 nitrogen and oxygen atoms in total. The van der Waals surface area contributed by atoms with E-state index in [-0.39, 0.29) is 11.4 Å². The molecule has 1 aromatic carbocycles. The van der Waals surface area contributed by atoms with Crippen molar-refractivity contribution in [2.45, 2.75) is 26.1 Å². The van der Waals surface area contributed by atoms with Gasteiger partial charge in [0.2, 0.25) is 11.6 Å². The Bertz CT molecular complexity index is 1020. The maximum absolute atomic E-state index is 13.0. The van der Waals surface area contributed by atoms with E-state index in [1.54, 1.807) is 0 Å². The fourth-order valence-electron chi connectivity index (χ4n) is 2.44. The number of alkyl halides is 5. The van der Waals surface area contributed by atoms with E-state index in [1.165, 1.54) is 0 Å². The molecule has 0 spiro atoms. The van der Waals surface area contributed by atoms with Crippen molar-refractivity contribution >= 4 is 23.0 Å². The van der Waals surface area contributed by atoms with Gasteiger partial charge in [0.15, 0.2) is 0 Å². The number of aromatic nitrogens is 2. The molecular formula is C15H12F5N5O6. The van der Waals surface area contributed by atoms with Crippen molar-refractivity contribution in [1.82, 2.24) is 9.78 Å². The highest BCUT2D eigenvalue weighted by Crippen LogP contribution is 2.37. The normalized spacial score (nSPS) is 11.5. The Morgan fingerprint density at radius 1 is 1.23 bits per heavy atom. The minimum absolute atomic E-state index is 0.279. The van der Waals surface area contributed by atoms with Gasteiger partial charge in [0.25, 0.3) is 12.1 Å². The number of anilines is 1. The van der Waals surface area contributed by atoms with Gasteiger partial charge in [0.05, 0.1) is 21.6 Å². The van der Waals surface area contributed by atoms with E-state index < -0.39 is 64.3 Å². The number of hydrogen-bond donors (Lipinski definition) is 1. The van der Waals surface area contributed by atoms with Crippen LogP contribution in [0.5, 0.6) is 5.75 Å². The van der Waals surface area contributed by atoms with E-state index in [1.807, 2.05) is 0 Å². The second-order valence-corrected chi connectivity index (χ2v) is 5.92. The third-order valence-electron chi connectivity index (χ3n) is 3.68. The molecular weight excluding hydrogens is 441 g/mol. The summed E-state index contributed by atoms with van der Waals surface area (Å²) in [5.74, 6) is -1.41. The summed E-state index contributed by atoms with van der Waals surface area (Å²) in [6.45, 7) is -1.03. The molecule has 1 N–H and O–H groups in total. The Hall–Kier alpha value is -3.85. The summed E-state index contributed by atoms with van der Waals surface area (Å²) in [4.78, 5) is 31.9. The largest absolute Gasteiger partial charge is 0.487 e. The number of carbonyl (C=O) groups excluding carboxylic acids is 1. The van der Waals surface area contributed by atoms with Crippen molar-refractivity contribution in [2.24, 2.45) is 0 Å². The maximum Gasteiger partial charge on any atom is 0.442 e. The monoisotopic (exact) mass is 453 g/mol. The SMILES string of the molecule is Cc1c([N+](=O)[O-])c(C(F)(F)F)nn1CC(=O)Nc1cc(OCC(F)F)cc([N+](=O)[O-])c1. The van der Waals surface area contributed by atoms with E-state index in [4.69, 9.17) is 0 Å². The van der Waals surface area contributed by atoms with Crippen LogP contribution in [0.4, 0.5) is 39.0 Å². The first-order valence-electron chi connectivity index (χ1n) is 8.09. The molecule has 1 heterocycles. The van der Waals surface area contributed by atoms with Crippen molar-refractivity contribution in [2.75, 3.05) is 11.9 Å². The lowest BCUT2D eigenvalue weighted by Gasteiger charge is -2.10. The molecule has 2 aromatic rings. The van der Waals surface area contributed by atoms with Crippen LogP contribution in [0.2, 0.25) is 0 Å². The number of nitro benzene ring substituents is 1. The molecule has 0 bridgehead atoms. The van der Waals surface area contributed by atoms with Gasteiger partial charge in [0.1, 0.15) is 24.6 Å². The van der Waals surface area contributed by atoms with Crippen molar-refractivity contribution in [3.05, 3.63) is 49.8 Å². The number of ether oxygens (including phenoxy) is 1. The van der Waals surface area contributed by atoms with Gasteiger partial charge in [-0.25, -0.2) is 8.78 Å². The van der Waals surface area contributed by atoms with Gasteiger partial charge < -0.3 is 10.1 Å². The summed E-state index contributed by atoms with van der Waals surface area (Å²) in [6.07, 6.45) is -8.02. The Morgan fingerprint density at radius 3 is 2.35 bits per heavy atom. The average Bonchev–Trinajstić information content (AvgIpc) is 2.96. The van der Waals surface area contributed by atoms with Gasteiger partial charge in [-0.2, -0.15) is 18.3 Å². The highest BCUT2D eigenvalue weighted by molar-refractivity contribution is 5.91. The molecule has 0 unspecified atom stereocenters. The fraction of sp³-hybridized carbons (Fsp3) is 0.333. The number of carbonyl (C=O) groups is 1. The second-order valence-electron chi connectivity index (χ2n) is 5.92. The minimum atomic E-state index is -5.15. The van der Waals surface area contributed by atoms with E-state index in [2.05, 4.69) is 15.2 Å². The number of hydrogen-bond acceptors (Lipinski definition) is 7. The zero-order chi connectivity index (χ0) is 23.5. The number of rotatable bonds is 8. The Morgan fingerprint density at radius 2 is 1.87 bits per heavy atom. The summed E-state index contributed by atoms with van der Waals surface area (Å²) in [7, 11) is 0. The van der Waals surface area contributed by atoms with Crippen LogP contribution in [0.25, 0.3) is 0 Å². The second kappa shape index (κ2) is 8.88. The van der Waals surface area contributed by atoms with Crippen LogP contribution in [0, 0.1) is 27.2 Å². The van der Waals surface area contributed by atoms with Crippen LogP contribution in [0.1, 0.15) is 11.4 Å². The molecule has 31 heavy (non-hydrogen) atoms. The minimum Gasteiger partial charge on any atom is -0.487 e. The van der Waals surface area contributed by atoms with E-state index in [9.17, 15) is 47.0 Å². The number of amides is 1. The molecule has 0 atom stereocenters. The first kappa shape index (κ1) is 23.4. The number of non-ortho nitro benzene ring substituents is 1. The van der Waals surface area contributed by atoms with Crippen molar-refractivity contribution in [3.8, 4) is 5.75 Å². The van der Waals surface area contributed by atoms with Gasteiger partial charge in [-0.05, 0) is 6.92 Å². The zero-order valence-electron chi connectivity index (χ0n) is 15.4. The molecule has 0 saturated heterocycles. The molecule has 0 radical (unpaired) electrons. The van der Waals surface area contributed by atoms with E-state index in [0.717, 1.165) is 25.1 Å². The lowest BCUT2D eigenvalue weighted by molar-refractivity contribution is -0.388. The highest BCUT2D eigenvalue weighted by atomic mass is 19.4. The molecule has 0 aliphatic carbocycles. The summed E-state index contributed by atoms with van der Waals surface area (Å²) >= 11 is 0. The lowest BCUT2D eigenvalue weighted by Crippen LogP contribution is -2.21. The summed E-state index contributed by atoms with van der Waals surface area (Å²) in [5.41, 5.74) is -4.56. The highest BCUT2D eigenvalue weighted by Gasteiger charge is 2.44.